The van der Waals surface area contributed by atoms with E-state index in [4.69, 9.17) is 0 Å². The van der Waals surface area contributed by atoms with E-state index in [1.807, 2.05) is 35.0 Å². The Morgan fingerprint density at radius 1 is 1.26 bits per heavy atom. The topological polar surface area (TPSA) is 75.4 Å². The first kappa shape index (κ1) is 16.2. The van der Waals surface area contributed by atoms with Gasteiger partial charge in [-0.05, 0) is 25.0 Å². The van der Waals surface area contributed by atoms with Crippen molar-refractivity contribution in [2.45, 2.75) is 32.5 Å². The molecule has 6 nitrogen and oxygen atoms in total. The molecule has 2 aromatic rings. The SMILES string of the molecule is CCS(=O)(=O)N1CCCn2nc(C(O)c3ccccc3)cc2C1. The molecular weight excluding hydrogens is 314 g/mol. The van der Waals surface area contributed by atoms with Gasteiger partial charge in [-0.2, -0.15) is 9.40 Å². The highest BCUT2D eigenvalue weighted by atomic mass is 32.2. The molecule has 0 amide bonds. The number of nitrogens with zero attached hydrogens (tertiary/aromatic N) is 3. The molecule has 7 heteroatoms. The van der Waals surface area contributed by atoms with Gasteiger partial charge in [-0.1, -0.05) is 30.3 Å². The first-order valence-electron chi connectivity index (χ1n) is 7.78. The molecule has 23 heavy (non-hydrogen) atoms. The normalized spacial score (nSPS) is 17.5. The van der Waals surface area contributed by atoms with Crippen LogP contribution in [-0.2, 0) is 23.1 Å². The van der Waals surface area contributed by atoms with Crippen molar-refractivity contribution in [1.82, 2.24) is 14.1 Å². The van der Waals surface area contributed by atoms with E-state index in [0.717, 1.165) is 17.7 Å². The Morgan fingerprint density at radius 2 is 2.00 bits per heavy atom. The van der Waals surface area contributed by atoms with Crippen molar-refractivity contribution in [2.75, 3.05) is 12.3 Å². The van der Waals surface area contributed by atoms with Crippen molar-refractivity contribution in [3.63, 3.8) is 0 Å². The Labute approximate surface area is 136 Å². The van der Waals surface area contributed by atoms with E-state index in [1.165, 1.54) is 4.31 Å². The van der Waals surface area contributed by atoms with Gasteiger partial charge in [-0.25, -0.2) is 8.42 Å². The Hall–Kier alpha value is -1.70. The summed E-state index contributed by atoms with van der Waals surface area (Å²) < 4.78 is 27.6. The molecule has 1 atom stereocenters. The number of rotatable bonds is 4. The molecule has 0 aliphatic carbocycles. The average Bonchev–Trinajstić information content (AvgIpc) is 2.86. The molecule has 0 bridgehead atoms. The lowest BCUT2D eigenvalue weighted by molar-refractivity contribution is 0.214. The van der Waals surface area contributed by atoms with Crippen LogP contribution in [-0.4, -0.2) is 39.9 Å². The number of benzene rings is 1. The Bertz CT molecular complexity index is 771. The predicted octanol–water partition coefficient (Wildman–Crippen LogP) is 1.52. The van der Waals surface area contributed by atoms with Crippen LogP contribution < -0.4 is 0 Å². The van der Waals surface area contributed by atoms with Crippen LogP contribution >= 0.6 is 0 Å². The van der Waals surface area contributed by atoms with Crippen LogP contribution in [0.5, 0.6) is 0 Å². The van der Waals surface area contributed by atoms with Crippen molar-refractivity contribution in [3.05, 3.63) is 53.3 Å². The number of aryl methyl sites for hydroxylation is 1. The maximum Gasteiger partial charge on any atom is 0.214 e. The third kappa shape index (κ3) is 3.31. The fourth-order valence-electron chi connectivity index (χ4n) is 2.81. The summed E-state index contributed by atoms with van der Waals surface area (Å²) in [5.41, 5.74) is 2.16. The minimum atomic E-state index is -3.22. The molecule has 2 heterocycles. The van der Waals surface area contributed by atoms with Gasteiger partial charge < -0.3 is 5.11 Å². The summed E-state index contributed by atoms with van der Waals surface area (Å²) in [6, 6.07) is 11.1. The van der Waals surface area contributed by atoms with Crippen LogP contribution in [0.4, 0.5) is 0 Å². The van der Waals surface area contributed by atoms with E-state index in [2.05, 4.69) is 5.10 Å². The Morgan fingerprint density at radius 3 is 2.70 bits per heavy atom. The summed E-state index contributed by atoms with van der Waals surface area (Å²) in [7, 11) is -3.22. The van der Waals surface area contributed by atoms with Crippen LogP contribution in [0, 0.1) is 0 Å². The fourth-order valence-corrected chi connectivity index (χ4v) is 3.92. The van der Waals surface area contributed by atoms with Crippen molar-refractivity contribution < 1.29 is 13.5 Å². The average molecular weight is 335 g/mol. The second-order valence-electron chi connectivity index (χ2n) is 5.68. The van der Waals surface area contributed by atoms with Gasteiger partial charge in [0, 0.05) is 13.1 Å². The second kappa shape index (κ2) is 6.43. The monoisotopic (exact) mass is 335 g/mol. The van der Waals surface area contributed by atoms with Gasteiger partial charge in [0.15, 0.2) is 0 Å². The Kier molecular flexibility index (Phi) is 4.52. The molecule has 1 aliphatic heterocycles. The first-order chi connectivity index (χ1) is 11.0. The summed E-state index contributed by atoms with van der Waals surface area (Å²) in [4.78, 5) is 0. The highest BCUT2D eigenvalue weighted by Crippen LogP contribution is 2.24. The fraction of sp³-hybridized carbons (Fsp3) is 0.438. The van der Waals surface area contributed by atoms with Crippen LogP contribution in [0.25, 0.3) is 0 Å². The summed E-state index contributed by atoms with van der Waals surface area (Å²) in [5, 5.41) is 15.0. The number of hydrogen-bond acceptors (Lipinski definition) is 4. The van der Waals surface area contributed by atoms with Gasteiger partial charge in [0.05, 0.1) is 23.7 Å². The van der Waals surface area contributed by atoms with E-state index < -0.39 is 16.1 Å². The maximum absolute atomic E-state index is 12.1. The molecule has 1 aliphatic rings. The highest BCUT2D eigenvalue weighted by Gasteiger charge is 2.26. The molecule has 1 aromatic carbocycles. The quantitative estimate of drug-likeness (QED) is 0.919. The van der Waals surface area contributed by atoms with Gasteiger partial charge in [-0.15, -0.1) is 0 Å². The second-order valence-corrected chi connectivity index (χ2v) is 7.94. The number of aliphatic hydroxyl groups excluding tert-OH is 1. The maximum atomic E-state index is 12.1. The third-order valence-electron chi connectivity index (χ3n) is 4.15. The first-order valence-corrected chi connectivity index (χ1v) is 9.39. The molecule has 0 saturated heterocycles. The van der Waals surface area contributed by atoms with Crippen LogP contribution in [0.1, 0.15) is 36.4 Å². The van der Waals surface area contributed by atoms with E-state index in [9.17, 15) is 13.5 Å². The summed E-state index contributed by atoms with van der Waals surface area (Å²) >= 11 is 0. The van der Waals surface area contributed by atoms with E-state index in [1.54, 1.807) is 13.0 Å². The molecule has 124 valence electrons. The summed E-state index contributed by atoms with van der Waals surface area (Å²) in [6.45, 7) is 3.13. The minimum absolute atomic E-state index is 0.0979. The van der Waals surface area contributed by atoms with Crippen LogP contribution in [0.2, 0.25) is 0 Å². The molecule has 0 spiro atoms. The van der Waals surface area contributed by atoms with E-state index >= 15 is 0 Å². The third-order valence-corrected chi connectivity index (χ3v) is 5.98. The van der Waals surface area contributed by atoms with Crippen molar-refractivity contribution in [3.8, 4) is 0 Å². The van der Waals surface area contributed by atoms with Crippen molar-refractivity contribution in [1.29, 1.82) is 0 Å². The Balaban J connectivity index is 1.88. The zero-order valence-corrected chi connectivity index (χ0v) is 13.9. The van der Waals surface area contributed by atoms with Gasteiger partial charge in [0.1, 0.15) is 6.10 Å². The lowest BCUT2D eigenvalue weighted by Gasteiger charge is -2.18. The largest absolute Gasteiger partial charge is 0.382 e. The van der Waals surface area contributed by atoms with Crippen molar-refractivity contribution >= 4 is 10.0 Å². The highest BCUT2D eigenvalue weighted by molar-refractivity contribution is 7.89. The number of sulfonamides is 1. The standard InChI is InChI=1S/C16H21N3O3S/c1-2-23(21,22)18-9-6-10-19-14(12-18)11-15(17-19)16(20)13-7-4-3-5-8-13/h3-5,7-8,11,16,20H,2,6,9-10,12H2,1H3. The molecule has 1 aromatic heterocycles. The summed E-state index contributed by atoms with van der Waals surface area (Å²) in [5.74, 6) is 0.0979. The zero-order valence-electron chi connectivity index (χ0n) is 13.1. The molecule has 0 saturated carbocycles. The molecule has 1 N–H and O–H groups in total. The zero-order chi connectivity index (χ0) is 16.4. The van der Waals surface area contributed by atoms with Crippen LogP contribution in [0.15, 0.2) is 36.4 Å². The van der Waals surface area contributed by atoms with E-state index in [0.29, 0.717) is 25.3 Å². The number of aliphatic hydroxyl groups is 1. The van der Waals surface area contributed by atoms with Crippen LogP contribution in [0.3, 0.4) is 0 Å². The van der Waals surface area contributed by atoms with Gasteiger partial charge in [0.2, 0.25) is 10.0 Å². The number of fused-ring (bicyclic) bond motifs is 1. The minimum Gasteiger partial charge on any atom is -0.382 e. The lowest BCUT2D eigenvalue weighted by atomic mass is 10.1. The molecular formula is C16H21N3O3S. The number of aromatic nitrogens is 2. The molecule has 0 fully saturated rings. The van der Waals surface area contributed by atoms with Gasteiger partial charge in [-0.3, -0.25) is 4.68 Å². The van der Waals surface area contributed by atoms with Crippen molar-refractivity contribution in [2.24, 2.45) is 0 Å². The lowest BCUT2D eigenvalue weighted by Crippen LogP contribution is -2.32. The summed E-state index contributed by atoms with van der Waals surface area (Å²) in [6.07, 6.45) is -0.0822. The molecule has 0 radical (unpaired) electrons. The number of hydrogen-bond donors (Lipinski definition) is 1. The molecule has 3 rings (SSSR count). The van der Waals surface area contributed by atoms with Gasteiger partial charge >= 0.3 is 0 Å². The smallest absolute Gasteiger partial charge is 0.214 e. The molecule has 1 unspecified atom stereocenters. The van der Waals surface area contributed by atoms with E-state index in [-0.39, 0.29) is 5.75 Å². The van der Waals surface area contributed by atoms with Gasteiger partial charge in [0.25, 0.3) is 0 Å². The predicted molar refractivity (Wildman–Crippen MR) is 87.2 cm³/mol.